The van der Waals surface area contributed by atoms with E-state index in [4.69, 9.17) is 24.3 Å². The van der Waals surface area contributed by atoms with Gasteiger partial charge in [-0.05, 0) is 12.8 Å². The molecule has 0 aromatic carbocycles. The van der Waals surface area contributed by atoms with E-state index < -0.39 is 26.5 Å². The van der Waals surface area contributed by atoms with Crippen LogP contribution in [-0.4, -0.2) is 49.3 Å². The quantitative estimate of drug-likeness (QED) is 0.0397. The summed E-state index contributed by atoms with van der Waals surface area (Å²) in [6.07, 6.45) is 27.0. The van der Waals surface area contributed by atoms with E-state index in [9.17, 15) is 19.0 Å². The Morgan fingerprint density at radius 2 is 0.977 bits per heavy atom. The number of carbonyl (C=O) groups is 2. The van der Waals surface area contributed by atoms with E-state index in [0.29, 0.717) is 6.42 Å². The van der Waals surface area contributed by atoms with Gasteiger partial charge in [-0.25, -0.2) is 4.57 Å². The molecule has 0 aliphatic carbocycles. The molecule has 0 amide bonds. The molecular weight excluding hydrogens is 581 g/mol. The van der Waals surface area contributed by atoms with Crippen LogP contribution in [0.3, 0.4) is 0 Å². The second kappa shape index (κ2) is 32.0. The van der Waals surface area contributed by atoms with Gasteiger partial charge < -0.3 is 20.1 Å². The van der Waals surface area contributed by atoms with Gasteiger partial charge in [0.15, 0.2) is 6.10 Å². The molecule has 2 atom stereocenters. The van der Waals surface area contributed by atoms with Crippen LogP contribution in [0.4, 0.5) is 0 Å². The summed E-state index contributed by atoms with van der Waals surface area (Å²) in [4.78, 5) is 34.5. The number of phosphoric acid groups is 1. The van der Waals surface area contributed by atoms with E-state index in [1.54, 1.807) is 0 Å². The van der Waals surface area contributed by atoms with Crippen LogP contribution in [0.2, 0.25) is 0 Å². The van der Waals surface area contributed by atoms with Crippen molar-refractivity contribution in [3.05, 3.63) is 0 Å². The van der Waals surface area contributed by atoms with E-state index in [1.165, 1.54) is 109 Å². The molecule has 1 unspecified atom stereocenters. The van der Waals surface area contributed by atoms with Crippen LogP contribution in [0, 0.1) is 0 Å². The van der Waals surface area contributed by atoms with E-state index >= 15 is 0 Å². The Balaban J connectivity index is 4.21. The van der Waals surface area contributed by atoms with Gasteiger partial charge in [-0.3, -0.25) is 18.6 Å². The minimum atomic E-state index is -4.36. The minimum absolute atomic E-state index is 0.0575. The number of hydrogen-bond donors (Lipinski definition) is 2. The van der Waals surface area contributed by atoms with Gasteiger partial charge in [0.25, 0.3) is 0 Å². The van der Waals surface area contributed by atoms with Gasteiger partial charge in [0, 0.05) is 19.4 Å². The molecule has 0 rings (SSSR count). The maximum Gasteiger partial charge on any atom is 0.472 e. The summed E-state index contributed by atoms with van der Waals surface area (Å²) in [5.41, 5.74) is 5.32. The molecule has 0 spiro atoms. The van der Waals surface area contributed by atoms with Crippen LogP contribution in [0.15, 0.2) is 0 Å². The molecule has 0 heterocycles. The van der Waals surface area contributed by atoms with Gasteiger partial charge in [0.2, 0.25) is 0 Å². The van der Waals surface area contributed by atoms with Crippen LogP contribution in [0.1, 0.15) is 174 Å². The lowest BCUT2D eigenvalue weighted by molar-refractivity contribution is -0.161. The fourth-order valence-electron chi connectivity index (χ4n) is 5.05. The van der Waals surface area contributed by atoms with Crippen LogP contribution < -0.4 is 5.73 Å². The topological polar surface area (TPSA) is 134 Å². The van der Waals surface area contributed by atoms with Gasteiger partial charge in [-0.15, -0.1) is 0 Å². The van der Waals surface area contributed by atoms with Crippen molar-refractivity contribution in [1.29, 1.82) is 0 Å². The molecule has 0 saturated heterocycles. The number of phosphoric ester groups is 1. The number of nitrogens with two attached hydrogens (primary N) is 1. The Hall–Kier alpha value is -0.990. The maximum absolute atomic E-state index is 12.4. The van der Waals surface area contributed by atoms with Crippen LogP contribution >= 0.6 is 7.82 Å². The van der Waals surface area contributed by atoms with Crippen LogP contribution in [0.25, 0.3) is 0 Å². The van der Waals surface area contributed by atoms with E-state index in [-0.39, 0.29) is 38.6 Å². The standard InChI is InChI=1S/C34H68NO8P/c1-3-5-7-9-11-13-15-16-17-19-20-22-24-26-33(36)40-30-32(31-42-44(38,39)41-29-28-35)43-34(37)27-25-23-21-18-14-12-10-8-6-4-2/h32H,3-31,35H2,1-2H3,(H,38,39)/t32-/m1/s1. The number of carbonyl (C=O) groups excluding carboxylic acids is 2. The van der Waals surface area contributed by atoms with Gasteiger partial charge in [-0.1, -0.05) is 149 Å². The number of esters is 2. The SMILES string of the molecule is CCCCCCCCCCCCCCCC(=O)OC[C@H](COP(=O)(O)OCCN)OC(=O)CCCCCCCCCCCC. The lowest BCUT2D eigenvalue weighted by atomic mass is 10.0. The number of ether oxygens (including phenoxy) is 2. The molecule has 0 saturated carbocycles. The minimum Gasteiger partial charge on any atom is -0.462 e. The third-order valence-corrected chi connectivity index (χ3v) is 8.73. The van der Waals surface area contributed by atoms with Crippen molar-refractivity contribution in [3.8, 4) is 0 Å². The summed E-state index contributed by atoms with van der Waals surface area (Å²) in [6.45, 7) is 3.71. The zero-order valence-electron chi connectivity index (χ0n) is 28.4. The highest BCUT2D eigenvalue weighted by molar-refractivity contribution is 7.47. The molecule has 44 heavy (non-hydrogen) atoms. The summed E-state index contributed by atoms with van der Waals surface area (Å²) in [5.74, 6) is -0.822. The highest BCUT2D eigenvalue weighted by Gasteiger charge is 2.25. The first-order valence-corrected chi connectivity index (χ1v) is 19.5. The van der Waals surface area contributed by atoms with Crippen LogP contribution in [0.5, 0.6) is 0 Å². The molecule has 0 aromatic rings. The molecule has 262 valence electrons. The van der Waals surface area contributed by atoms with Crippen molar-refractivity contribution in [2.24, 2.45) is 5.73 Å². The lowest BCUT2D eigenvalue weighted by Crippen LogP contribution is -2.29. The van der Waals surface area contributed by atoms with E-state index in [1.807, 2.05) is 0 Å². The average Bonchev–Trinajstić information content (AvgIpc) is 3.00. The van der Waals surface area contributed by atoms with Crippen molar-refractivity contribution >= 4 is 19.8 Å². The molecule has 0 aliphatic heterocycles. The van der Waals surface area contributed by atoms with E-state index in [2.05, 4.69) is 13.8 Å². The Labute approximate surface area is 269 Å². The number of unbranched alkanes of at least 4 members (excludes halogenated alkanes) is 21. The summed E-state index contributed by atoms with van der Waals surface area (Å²) in [6, 6.07) is 0. The lowest BCUT2D eigenvalue weighted by Gasteiger charge is -2.19. The highest BCUT2D eigenvalue weighted by Crippen LogP contribution is 2.43. The zero-order chi connectivity index (χ0) is 32.6. The van der Waals surface area contributed by atoms with Gasteiger partial charge in [0.05, 0.1) is 13.2 Å². The van der Waals surface area contributed by atoms with E-state index in [0.717, 1.165) is 32.1 Å². The molecule has 3 N–H and O–H groups in total. The Morgan fingerprint density at radius 3 is 1.39 bits per heavy atom. The second-order valence-corrected chi connectivity index (χ2v) is 13.6. The summed E-state index contributed by atoms with van der Waals surface area (Å²) in [5, 5.41) is 0. The Bertz CT molecular complexity index is 709. The molecule has 0 aromatic heterocycles. The summed E-state index contributed by atoms with van der Waals surface area (Å²) >= 11 is 0. The second-order valence-electron chi connectivity index (χ2n) is 12.1. The Morgan fingerprint density at radius 1 is 0.591 bits per heavy atom. The molecule has 0 aliphatic rings. The Kier molecular flexibility index (Phi) is 31.3. The van der Waals surface area contributed by atoms with Crippen molar-refractivity contribution in [2.75, 3.05) is 26.4 Å². The first kappa shape index (κ1) is 43.0. The van der Waals surface area contributed by atoms with Gasteiger partial charge in [0.1, 0.15) is 6.61 Å². The van der Waals surface area contributed by atoms with Crippen molar-refractivity contribution in [2.45, 2.75) is 180 Å². The van der Waals surface area contributed by atoms with Crippen molar-refractivity contribution in [3.63, 3.8) is 0 Å². The molecule has 0 bridgehead atoms. The number of hydrogen-bond acceptors (Lipinski definition) is 8. The predicted molar refractivity (Wildman–Crippen MR) is 178 cm³/mol. The molecule has 0 fully saturated rings. The summed E-state index contributed by atoms with van der Waals surface area (Å²) < 4.78 is 32.5. The van der Waals surface area contributed by atoms with Gasteiger partial charge in [-0.2, -0.15) is 0 Å². The fraction of sp³-hybridized carbons (Fsp3) is 0.941. The molecule has 0 radical (unpaired) electrons. The highest BCUT2D eigenvalue weighted by atomic mass is 31.2. The summed E-state index contributed by atoms with van der Waals surface area (Å²) in [7, 11) is -4.36. The van der Waals surface area contributed by atoms with Crippen molar-refractivity contribution < 1.29 is 37.6 Å². The largest absolute Gasteiger partial charge is 0.472 e. The molecule has 10 heteroatoms. The average molecular weight is 650 g/mol. The predicted octanol–water partition coefficient (Wildman–Crippen LogP) is 9.33. The third kappa shape index (κ3) is 31.0. The van der Waals surface area contributed by atoms with Gasteiger partial charge >= 0.3 is 19.8 Å². The zero-order valence-corrected chi connectivity index (χ0v) is 29.3. The fourth-order valence-corrected chi connectivity index (χ4v) is 5.81. The molecular formula is C34H68NO8P. The maximum atomic E-state index is 12.4. The normalized spacial score (nSPS) is 13.5. The third-order valence-electron chi connectivity index (χ3n) is 7.74. The first-order chi connectivity index (χ1) is 21.3. The van der Waals surface area contributed by atoms with Crippen LogP contribution in [-0.2, 0) is 32.7 Å². The smallest absolute Gasteiger partial charge is 0.462 e. The number of rotatable bonds is 34. The monoisotopic (exact) mass is 649 g/mol. The molecule has 9 nitrogen and oxygen atoms in total. The first-order valence-electron chi connectivity index (χ1n) is 18.0. The van der Waals surface area contributed by atoms with Crippen molar-refractivity contribution in [1.82, 2.24) is 0 Å².